The maximum absolute atomic E-state index is 4.45. The van der Waals surface area contributed by atoms with Gasteiger partial charge in [0, 0.05) is 11.2 Å². The van der Waals surface area contributed by atoms with E-state index in [-0.39, 0.29) is 5.41 Å². The number of nitrogens with one attached hydrogen (secondary N) is 1. The van der Waals surface area contributed by atoms with Gasteiger partial charge in [0.1, 0.15) is 5.82 Å². The molecule has 0 atom stereocenters. The van der Waals surface area contributed by atoms with Crippen molar-refractivity contribution in [1.82, 2.24) is 15.2 Å². The predicted octanol–water partition coefficient (Wildman–Crippen LogP) is 2.85. The van der Waals surface area contributed by atoms with E-state index in [9.17, 15) is 0 Å². The van der Waals surface area contributed by atoms with Crippen molar-refractivity contribution in [2.45, 2.75) is 45.2 Å². The first kappa shape index (κ1) is 11.6. The number of hydrogen-bond acceptors (Lipinski definition) is 3. The fourth-order valence-electron chi connectivity index (χ4n) is 0.888. The van der Waals surface area contributed by atoms with Crippen molar-refractivity contribution in [1.29, 1.82) is 0 Å². The second kappa shape index (κ2) is 4.34. The van der Waals surface area contributed by atoms with Crippen molar-refractivity contribution < 1.29 is 0 Å². The van der Waals surface area contributed by atoms with Crippen LogP contribution in [0.1, 0.15) is 40.4 Å². The monoisotopic (exact) mass is 213 g/mol. The summed E-state index contributed by atoms with van der Waals surface area (Å²) in [5.41, 5.74) is 0.0592. The molecule has 0 amide bonds. The van der Waals surface area contributed by atoms with Crippen LogP contribution in [0, 0.1) is 5.92 Å². The third kappa shape index (κ3) is 3.33. The van der Waals surface area contributed by atoms with Gasteiger partial charge in [-0.25, -0.2) is 4.98 Å². The van der Waals surface area contributed by atoms with Gasteiger partial charge >= 0.3 is 0 Å². The van der Waals surface area contributed by atoms with Crippen LogP contribution in [-0.2, 0) is 5.41 Å². The number of aromatic amines is 1. The number of rotatable bonds is 3. The second-order valence-electron chi connectivity index (χ2n) is 4.92. The van der Waals surface area contributed by atoms with Gasteiger partial charge in [-0.3, -0.25) is 5.10 Å². The van der Waals surface area contributed by atoms with Crippen molar-refractivity contribution in [3.05, 3.63) is 5.82 Å². The molecule has 0 fully saturated rings. The SMILES string of the molecule is CC(C)CSc1n[nH]c(C(C)(C)C)n1. The largest absolute Gasteiger partial charge is 0.262 e. The maximum atomic E-state index is 4.45. The Morgan fingerprint density at radius 1 is 1.36 bits per heavy atom. The van der Waals surface area contributed by atoms with Crippen LogP contribution in [-0.4, -0.2) is 20.9 Å². The highest BCUT2D eigenvalue weighted by molar-refractivity contribution is 7.99. The molecular formula is C10H19N3S. The number of hydrogen-bond donors (Lipinski definition) is 1. The zero-order valence-electron chi connectivity index (χ0n) is 9.59. The molecule has 0 unspecified atom stereocenters. The fraction of sp³-hybridized carbons (Fsp3) is 0.800. The summed E-state index contributed by atoms with van der Waals surface area (Å²) in [6.07, 6.45) is 0. The first-order valence-corrected chi connectivity index (χ1v) is 5.94. The topological polar surface area (TPSA) is 41.6 Å². The molecule has 0 aliphatic rings. The molecule has 1 heterocycles. The summed E-state index contributed by atoms with van der Waals surface area (Å²) >= 11 is 1.71. The number of aromatic nitrogens is 3. The van der Waals surface area contributed by atoms with E-state index in [0.717, 1.165) is 16.7 Å². The Hall–Kier alpha value is -0.510. The average molecular weight is 213 g/mol. The minimum Gasteiger partial charge on any atom is -0.262 e. The number of H-pyrrole nitrogens is 1. The van der Waals surface area contributed by atoms with Gasteiger partial charge in [0.25, 0.3) is 0 Å². The van der Waals surface area contributed by atoms with E-state index >= 15 is 0 Å². The molecule has 0 bridgehead atoms. The van der Waals surface area contributed by atoms with E-state index in [1.54, 1.807) is 11.8 Å². The molecule has 0 saturated heterocycles. The lowest BCUT2D eigenvalue weighted by molar-refractivity contribution is 0.547. The summed E-state index contributed by atoms with van der Waals surface area (Å²) in [5, 5.41) is 8.03. The van der Waals surface area contributed by atoms with Crippen LogP contribution in [0.2, 0.25) is 0 Å². The minimum absolute atomic E-state index is 0.0592. The van der Waals surface area contributed by atoms with Crippen LogP contribution in [0.5, 0.6) is 0 Å². The van der Waals surface area contributed by atoms with Crippen molar-refractivity contribution in [2.24, 2.45) is 5.92 Å². The van der Waals surface area contributed by atoms with E-state index in [0.29, 0.717) is 5.92 Å². The van der Waals surface area contributed by atoms with Crippen LogP contribution in [0.25, 0.3) is 0 Å². The molecule has 0 aliphatic heterocycles. The predicted molar refractivity (Wildman–Crippen MR) is 60.6 cm³/mol. The fourth-order valence-corrected chi connectivity index (χ4v) is 1.64. The summed E-state index contributed by atoms with van der Waals surface area (Å²) in [6, 6.07) is 0. The normalized spacial score (nSPS) is 12.4. The molecule has 3 nitrogen and oxygen atoms in total. The lowest BCUT2D eigenvalue weighted by Crippen LogP contribution is -2.13. The molecule has 14 heavy (non-hydrogen) atoms. The highest BCUT2D eigenvalue weighted by Crippen LogP contribution is 2.21. The standard InChI is InChI=1S/C10H19N3S/c1-7(2)6-14-9-11-8(12-13-9)10(3,4)5/h7H,6H2,1-5H3,(H,11,12,13). The molecule has 0 aliphatic carbocycles. The van der Waals surface area contributed by atoms with Crippen LogP contribution < -0.4 is 0 Å². The summed E-state index contributed by atoms with van der Waals surface area (Å²) in [7, 11) is 0. The lowest BCUT2D eigenvalue weighted by atomic mass is 9.96. The molecule has 1 N–H and O–H groups in total. The maximum Gasteiger partial charge on any atom is 0.208 e. The molecule has 1 rings (SSSR count). The number of thioether (sulfide) groups is 1. The van der Waals surface area contributed by atoms with Gasteiger partial charge in [-0.1, -0.05) is 46.4 Å². The Labute approximate surface area is 90.1 Å². The van der Waals surface area contributed by atoms with Gasteiger partial charge in [0.15, 0.2) is 0 Å². The van der Waals surface area contributed by atoms with E-state index in [4.69, 9.17) is 0 Å². The molecule has 4 heteroatoms. The second-order valence-corrected chi connectivity index (χ2v) is 5.91. The van der Waals surface area contributed by atoms with Crippen molar-refractivity contribution in [3.8, 4) is 0 Å². The van der Waals surface area contributed by atoms with E-state index in [1.807, 2.05) is 0 Å². The zero-order valence-corrected chi connectivity index (χ0v) is 10.4. The third-order valence-electron chi connectivity index (χ3n) is 1.72. The van der Waals surface area contributed by atoms with Crippen LogP contribution in [0.4, 0.5) is 0 Å². The summed E-state index contributed by atoms with van der Waals surface area (Å²) in [5.74, 6) is 2.71. The van der Waals surface area contributed by atoms with Crippen LogP contribution >= 0.6 is 11.8 Å². The molecule has 1 aromatic heterocycles. The molecule has 1 aromatic rings. The van der Waals surface area contributed by atoms with Gasteiger partial charge in [0.05, 0.1) is 0 Å². The van der Waals surface area contributed by atoms with Gasteiger partial charge in [-0.15, -0.1) is 5.10 Å². The quantitative estimate of drug-likeness (QED) is 0.785. The average Bonchev–Trinajstić information content (AvgIpc) is 2.47. The van der Waals surface area contributed by atoms with Crippen LogP contribution in [0.15, 0.2) is 5.16 Å². The first-order valence-electron chi connectivity index (χ1n) is 4.95. The Bertz CT molecular complexity index is 286. The Kier molecular flexibility index (Phi) is 3.59. The zero-order chi connectivity index (χ0) is 10.8. The molecule has 0 radical (unpaired) electrons. The smallest absolute Gasteiger partial charge is 0.208 e. The lowest BCUT2D eigenvalue weighted by Gasteiger charge is -2.12. The molecule has 0 spiro atoms. The minimum atomic E-state index is 0.0592. The van der Waals surface area contributed by atoms with E-state index < -0.39 is 0 Å². The van der Waals surface area contributed by atoms with Gasteiger partial charge in [-0.2, -0.15) is 0 Å². The Morgan fingerprint density at radius 2 is 2.00 bits per heavy atom. The summed E-state index contributed by atoms with van der Waals surface area (Å²) in [6.45, 7) is 10.8. The summed E-state index contributed by atoms with van der Waals surface area (Å²) < 4.78 is 0. The summed E-state index contributed by atoms with van der Waals surface area (Å²) in [4.78, 5) is 4.45. The van der Waals surface area contributed by atoms with Crippen LogP contribution in [0.3, 0.4) is 0 Å². The van der Waals surface area contributed by atoms with E-state index in [1.165, 1.54) is 0 Å². The highest BCUT2D eigenvalue weighted by Gasteiger charge is 2.18. The molecule has 0 aromatic carbocycles. The van der Waals surface area contributed by atoms with E-state index in [2.05, 4.69) is 49.8 Å². The van der Waals surface area contributed by atoms with Gasteiger partial charge in [0.2, 0.25) is 5.16 Å². The first-order chi connectivity index (χ1) is 6.39. The molecule has 0 saturated carbocycles. The molecular weight excluding hydrogens is 194 g/mol. The van der Waals surface area contributed by atoms with Crippen molar-refractivity contribution >= 4 is 11.8 Å². The Balaban J connectivity index is 2.60. The van der Waals surface area contributed by atoms with Crippen molar-refractivity contribution in [2.75, 3.05) is 5.75 Å². The van der Waals surface area contributed by atoms with Crippen molar-refractivity contribution in [3.63, 3.8) is 0 Å². The van der Waals surface area contributed by atoms with Gasteiger partial charge < -0.3 is 0 Å². The molecule has 80 valence electrons. The third-order valence-corrected chi connectivity index (χ3v) is 3.00. The highest BCUT2D eigenvalue weighted by atomic mass is 32.2. The Morgan fingerprint density at radius 3 is 2.43 bits per heavy atom. The number of nitrogens with zero attached hydrogens (tertiary/aromatic N) is 2. The van der Waals surface area contributed by atoms with Gasteiger partial charge in [-0.05, 0) is 5.92 Å².